The fourth-order valence-electron chi connectivity index (χ4n) is 3.10. The Bertz CT molecular complexity index is 587. The third-order valence-electron chi connectivity index (χ3n) is 5.20. The number of aliphatic hydroxyl groups is 1. The molecule has 132 valence electrons. The monoisotopic (exact) mass is 333 g/mol. The van der Waals surface area contributed by atoms with Crippen molar-refractivity contribution in [2.45, 2.75) is 58.5 Å². The first-order valence-corrected chi connectivity index (χ1v) is 8.70. The van der Waals surface area contributed by atoms with Gasteiger partial charge in [0, 0.05) is 25.2 Å². The number of fused-ring (bicyclic) bond motifs is 1. The molecule has 0 aromatic heterocycles. The molecule has 2 aliphatic rings. The standard InChI is InChI=1S/C18H28BNO4/c1-13(21)11-20-8-9-22-16-10-15(7-6-14(16)12-20)19-23-17(2,3)18(4,5)24-19/h6-7,10,13,21H,8-9,11-12H2,1-5H3. The highest BCUT2D eigenvalue weighted by atomic mass is 16.7. The van der Waals surface area contributed by atoms with E-state index in [0.29, 0.717) is 13.2 Å². The van der Waals surface area contributed by atoms with Crippen molar-refractivity contribution in [3.63, 3.8) is 0 Å². The van der Waals surface area contributed by atoms with Crippen LogP contribution in [0.4, 0.5) is 0 Å². The fourth-order valence-corrected chi connectivity index (χ4v) is 3.10. The molecule has 1 atom stereocenters. The van der Waals surface area contributed by atoms with E-state index in [-0.39, 0.29) is 24.4 Å². The summed E-state index contributed by atoms with van der Waals surface area (Å²) in [6.45, 7) is 12.9. The maximum absolute atomic E-state index is 9.61. The van der Waals surface area contributed by atoms with E-state index in [9.17, 15) is 5.11 Å². The molecule has 0 radical (unpaired) electrons. The number of rotatable bonds is 3. The van der Waals surface area contributed by atoms with Crippen molar-refractivity contribution in [3.05, 3.63) is 23.8 Å². The Morgan fingerprint density at radius 2 is 1.88 bits per heavy atom. The van der Waals surface area contributed by atoms with Crippen LogP contribution in [0.15, 0.2) is 18.2 Å². The number of β-amino-alcohol motifs (C(OH)–C–C–N with tert-alkyl or cyclic N) is 1. The minimum absolute atomic E-state index is 0.337. The summed E-state index contributed by atoms with van der Waals surface area (Å²) in [6.07, 6.45) is -0.337. The molecular formula is C18H28BNO4. The molecule has 3 rings (SSSR count). The molecule has 1 fully saturated rings. The summed E-state index contributed by atoms with van der Waals surface area (Å²) in [5.74, 6) is 0.885. The van der Waals surface area contributed by atoms with Crippen LogP contribution in [0.2, 0.25) is 0 Å². The summed E-state index contributed by atoms with van der Waals surface area (Å²) in [4.78, 5) is 2.21. The molecule has 1 saturated heterocycles. The molecule has 0 saturated carbocycles. The number of hydrogen-bond donors (Lipinski definition) is 1. The van der Waals surface area contributed by atoms with E-state index in [2.05, 4.69) is 44.7 Å². The predicted molar refractivity (Wildman–Crippen MR) is 94.6 cm³/mol. The van der Waals surface area contributed by atoms with Crippen LogP contribution in [0, 0.1) is 0 Å². The quantitative estimate of drug-likeness (QED) is 0.851. The van der Waals surface area contributed by atoms with Gasteiger partial charge in [-0.25, -0.2) is 0 Å². The van der Waals surface area contributed by atoms with Gasteiger partial charge in [0.1, 0.15) is 12.4 Å². The first-order valence-electron chi connectivity index (χ1n) is 8.70. The Morgan fingerprint density at radius 3 is 2.50 bits per heavy atom. The van der Waals surface area contributed by atoms with Crippen LogP contribution in [0.25, 0.3) is 0 Å². The minimum Gasteiger partial charge on any atom is -0.492 e. The summed E-state index contributed by atoms with van der Waals surface area (Å²) in [5, 5.41) is 9.61. The summed E-state index contributed by atoms with van der Waals surface area (Å²) in [5.41, 5.74) is 1.42. The van der Waals surface area contributed by atoms with Crippen molar-refractivity contribution >= 4 is 12.6 Å². The number of aliphatic hydroxyl groups excluding tert-OH is 1. The SMILES string of the molecule is CC(O)CN1CCOc2cc(B3OC(C)(C)C(C)(C)O3)ccc2C1. The highest BCUT2D eigenvalue weighted by Crippen LogP contribution is 2.36. The van der Waals surface area contributed by atoms with E-state index in [0.717, 1.165) is 29.9 Å². The summed E-state index contributed by atoms with van der Waals surface area (Å²) in [7, 11) is -0.374. The van der Waals surface area contributed by atoms with Gasteiger partial charge in [-0.3, -0.25) is 4.90 Å². The van der Waals surface area contributed by atoms with Crippen molar-refractivity contribution in [1.29, 1.82) is 0 Å². The van der Waals surface area contributed by atoms with Crippen LogP contribution in [-0.2, 0) is 15.9 Å². The highest BCUT2D eigenvalue weighted by Gasteiger charge is 2.51. The Labute approximate surface area is 145 Å². The van der Waals surface area contributed by atoms with Crippen molar-refractivity contribution in [3.8, 4) is 5.75 Å². The lowest BCUT2D eigenvalue weighted by Gasteiger charge is -2.32. The maximum Gasteiger partial charge on any atom is 0.494 e. The molecule has 5 nitrogen and oxygen atoms in total. The van der Waals surface area contributed by atoms with Gasteiger partial charge in [-0.1, -0.05) is 12.1 Å². The number of hydrogen-bond acceptors (Lipinski definition) is 5. The van der Waals surface area contributed by atoms with Crippen LogP contribution >= 0.6 is 0 Å². The van der Waals surface area contributed by atoms with Gasteiger partial charge in [-0.05, 0) is 46.1 Å². The molecule has 0 spiro atoms. The fraction of sp³-hybridized carbons (Fsp3) is 0.667. The first kappa shape index (κ1) is 17.7. The molecule has 1 aromatic carbocycles. The molecular weight excluding hydrogens is 305 g/mol. The zero-order valence-electron chi connectivity index (χ0n) is 15.3. The Kier molecular flexibility index (Phi) is 4.68. The van der Waals surface area contributed by atoms with Crippen LogP contribution in [0.3, 0.4) is 0 Å². The highest BCUT2D eigenvalue weighted by molar-refractivity contribution is 6.62. The first-order chi connectivity index (χ1) is 11.2. The molecule has 2 aliphatic heterocycles. The number of benzene rings is 1. The van der Waals surface area contributed by atoms with E-state index in [1.165, 1.54) is 0 Å². The van der Waals surface area contributed by atoms with E-state index < -0.39 is 0 Å². The Balaban J connectivity index is 1.79. The van der Waals surface area contributed by atoms with Gasteiger partial charge in [0.15, 0.2) is 0 Å². The normalized spacial score (nSPS) is 24.2. The average molecular weight is 333 g/mol. The maximum atomic E-state index is 9.61. The van der Waals surface area contributed by atoms with E-state index >= 15 is 0 Å². The van der Waals surface area contributed by atoms with Gasteiger partial charge in [-0.15, -0.1) is 0 Å². The molecule has 2 heterocycles. The largest absolute Gasteiger partial charge is 0.494 e. The van der Waals surface area contributed by atoms with Crippen LogP contribution in [-0.4, -0.2) is 54.1 Å². The van der Waals surface area contributed by atoms with Gasteiger partial charge < -0.3 is 19.2 Å². The van der Waals surface area contributed by atoms with Crippen LogP contribution in [0.1, 0.15) is 40.2 Å². The van der Waals surface area contributed by atoms with Crippen LogP contribution in [0.5, 0.6) is 5.75 Å². The van der Waals surface area contributed by atoms with Crippen LogP contribution < -0.4 is 10.2 Å². The van der Waals surface area contributed by atoms with Gasteiger partial charge in [0.2, 0.25) is 0 Å². The van der Waals surface area contributed by atoms with Gasteiger partial charge in [0.05, 0.1) is 17.3 Å². The third-order valence-corrected chi connectivity index (χ3v) is 5.20. The lowest BCUT2D eigenvalue weighted by Crippen LogP contribution is -2.41. The Hall–Kier alpha value is -1.08. The average Bonchev–Trinajstić information content (AvgIpc) is 2.61. The molecule has 1 N–H and O–H groups in total. The lowest BCUT2D eigenvalue weighted by molar-refractivity contribution is 0.00578. The van der Waals surface area contributed by atoms with Crippen molar-refractivity contribution in [2.75, 3.05) is 19.7 Å². The molecule has 0 aliphatic carbocycles. The number of ether oxygens (including phenoxy) is 1. The van der Waals surface area contributed by atoms with Gasteiger partial charge in [0.25, 0.3) is 0 Å². The molecule has 1 aromatic rings. The summed E-state index contributed by atoms with van der Waals surface area (Å²) >= 11 is 0. The van der Waals surface area contributed by atoms with Crippen molar-refractivity contribution < 1.29 is 19.2 Å². The zero-order chi connectivity index (χ0) is 17.5. The molecule has 6 heteroatoms. The molecule has 24 heavy (non-hydrogen) atoms. The van der Waals surface area contributed by atoms with E-state index in [4.69, 9.17) is 14.0 Å². The topological polar surface area (TPSA) is 51.2 Å². The Morgan fingerprint density at radius 1 is 1.21 bits per heavy atom. The molecule has 1 unspecified atom stereocenters. The predicted octanol–water partition coefficient (Wildman–Crippen LogP) is 1.56. The number of nitrogens with zero attached hydrogens (tertiary/aromatic N) is 1. The molecule has 0 amide bonds. The second kappa shape index (κ2) is 6.34. The van der Waals surface area contributed by atoms with Gasteiger partial charge >= 0.3 is 7.12 Å². The van der Waals surface area contributed by atoms with Crippen molar-refractivity contribution in [1.82, 2.24) is 4.90 Å². The van der Waals surface area contributed by atoms with E-state index in [1.807, 2.05) is 13.0 Å². The molecule has 0 bridgehead atoms. The summed E-state index contributed by atoms with van der Waals surface area (Å²) < 4.78 is 18.2. The summed E-state index contributed by atoms with van der Waals surface area (Å²) in [6, 6.07) is 6.16. The van der Waals surface area contributed by atoms with E-state index in [1.54, 1.807) is 0 Å². The van der Waals surface area contributed by atoms with Crippen molar-refractivity contribution in [2.24, 2.45) is 0 Å². The lowest BCUT2D eigenvalue weighted by atomic mass is 9.78. The second-order valence-corrected chi connectivity index (χ2v) is 7.89. The smallest absolute Gasteiger partial charge is 0.492 e. The zero-order valence-corrected chi connectivity index (χ0v) is 15.3. The van der Waals surface area contributed by atoms with Gasteiger partial charge in [-0.2, -0.15) is 0 Å². The minimum atomic E-state index is -0.374. The third kappa shape index (κ3) is 3.47. The second-order valence-electron chi connectivity index (χ2n) is 7.89.